The number of carbonyl (C=O) groups is 1. The molecule has 0 unspecified atom stereocenters. The summed E-state index contributed by atoms with van der Waals surface area (Å²) in [5, 5.41) is 0.890. The molecule has 0 spiro atoms. The highest BCUT2D eigenvalue weighted by atomic mass is 35.5. The van der Waals surface area contributed by atoms with Crippen molar-refractivity contribution in [3.05, 3.63) is 68.5 Å². The Bertz CT molecular complexity index is 1380. The summed E-state index contributed by atoms with van der Waals surface area (Å²) in [6.07, 6.45) is 2.41. The summed E-state index contributed by atoms with van der Waals surface area (Å²) in [4.78, 5) is 25.0. The number of benzene rings is 2. The Kier molecular flexibility index (Phi) is 6.11. The first-order chi connectivity index (χ1) is 15.3. The molecule has 0 amide bonds. The van der Waals surface area contributed by atoms with E-state index >= 15 is 0 Å². The van der Waals surface area contributed by atoms with E-state index in [2.05, 4.69) is 0 Å². The number of esters is 1. The Morgan fingerprint density at radius 3 is 2.53 bits per heavy atom. The van der Waals surface area contributed by atoms with E-state index < -0.39 is 16.0 Å². The number of aryl methyl sites for hydroxylation is 1. The van der Waals surface area contributed by atoms with Gasteiger partial charge >= 0.3 is 11.6 Å². The lowest BCUT2D eigenvalue weighted by atomic mass is 10.1. The van der Waals surface area contributed by atoms with Gasteiger partial charge in [-0.2, -0.15) is 4.31 Å². The summed E-state index contributed by atoms with van der Waals surface area (Å²) < 4.78 is 37.7. The van der Waals surface area contributed by atoms with Gasteiger partial charge in [0, 0.05) is 30.1 Å². The lowest BCUT2D eigenvalue weighted by Gasteiger charge is -2.19. The fraction of sp³-hybridized carbons (Fsp3) is 0.304. The van der Waals surface area contributed by atoms with E-state index in [1.54, 1.807) is 26.0 Å². The van der Waals surface area contributed by atoms with Crippen molar-refractivity contribution in [1.82, 2.24) is 4.31 Å². The maximum atomic E-state index is 12.8. The summed E-state index contributed by atoms with van der Waals surface area (Å²) in [5.74, 6) is -0.647. The first kappa shape index (κ1) is 22.5. The van der Waals surface area contributed by atoms with Crippen LogP contribution in [0.15, 0.2) is 50.5 Å². The molecule has 1 aliphatic rings. The van der Waals surface area contributed by atoms with E-state index in [0.717, 1.165) is 23.8 Å². The monoisotopic (exact) mass is 475 g/mol. The van der Waals surface area contributed by atoms with Crippen LogP contribution >= 0.6 is 11.6 Å². The third kappa shape index (κ3) is 3.94. The predicted molar refractivity (Wildman–Crippen MR) is 121 cm³/mol. The second-order valence-corrected chi connectivity index (χ2v) is 9.82. The molecule has 2 aromatic carbocycles. The zero-order valence-electron chi connectivity index (χ0n) is 17.7. The number of halogens is 1. The number of fused-ring (bicyclic) bond motifs is 3. The molecule has 1 aliphatic carbocycles. The predicted octanol–water partition coefficient (Wildman–Crippen LogP) is 4.18. The van der Waals surface area contributed by atoms with Gasteiger partial charge in [0.05, 0.1) is 15.5 Å². The summed E-state index contributed by atoms with van der Waals surface area (Å²) in [5.41, 5.74) is 1.58. The summed E-state index contributed by atoms with van der Waals surface area (Å²) >= 11 is 6.17. The van der Waals surface area contributed by atoms with Gasteiger partial charge in [-0.15, -0.1) is 0 Å². The number of hydrogen-bond acceptors (Lipinski definition) is 6. The van der Waals surface area contributed by atoms with Gasteiger partial charge in [0.15, 0.2) is 0 Å². The van der Waals surface area contributed by atoms with Crippen LogP contribution < -0.4 is 10.4 Å². The Morgan fingerprint density at radius 1 is 1.09 bits per heavy atom. The number of sulfonamides is 1. The lowest BCUT2D eigenvalue weighted by Crippen LogP contribution is -2.30. The van der Waals surface area contributed by atoms with E-state index in [0.29, 0.717) is 30.7 Å². The normalized spacial score (nSPS) is 13.5. The molecular weight excluding hydrogens is 454 g/mol. The molecule has 0 saturated heterocycles. The van der Waals surface area contributed by atoms with Gasteiger partial charge in [-0.05, 0) is 55.2 Å². The second kappa shape index (κ2) is 8.69. The van der Waals surface area contributed by atoms with E-state index in [9.17, 15) is 18.0 Å². The van der Waals surface area contributed by atoms with Crippen molar-refractivity contribution in [2.45, 2.75) is 38.0 Å². The average molecular weight is 476 g/mol. The van der Waals surface area contributed by atoms with Gasteiger partial charge < -0.3 is 9.15 Å². The summed E-state index contributed by atoms with van der Waals surface area (Å²) in [6.45, 7) is 4.07. The minimum atomic E-state index is -3.77. The molecular formula is C23H22ClNO6S. The molecule has 7 nitrogen and oxygen atoms in total. The second-order valence-electron chi connectivity index (χ2n) is 7.48. The minimum Gasteiger partial charge on any atom is -0.423 e. The van der Waals surface area contributed by atoms with Crippen molar-refractivity contribution in [2.24, 2.45) is 0 Å². The fourth-order valence-corrected chi connectivity index (χ4v) is 5.70. The maximum absolute atomic E-state index is 12.8. The molecule has 0 saturated carbocycles. The molecule has 4 rings (SSSR count). The zero-order valence-corrected chi connectivity index (χ0v) is 19.3. The smallest absolute Gasteiger partial charge is 0.345 e. The third-order valence-electron chi connectivity index (χ3n) is 5.66. The summed E-state index contributed by atoms with van der Waals surface area (Å²) in [6, 6.07) is 8.79. The highest BCUT2D eigenvalue weighted by molar-refractivity contribution is 7.89. The molecule has 9 heteroatoms. The highest BCUT2D eigenvalue weighted by Gasteiger charge is 2.25. The Hall–Kier alpha value is -2.68. The van der Waals surface area contributed by atoms with Crippen LogP contribution in [0.2, 0.25) is 5.02 Å². The average Bonchev–Trinajstić information content (AvgIpc) is 3.25. The van der Waals surface area contributed by atoms with Crippen LogP contribution in [0.4, 0.5) is 0 Å². The first-order valence-electron chi connectivity index (χ1n) is 10.4. The lowest BCUT2D eigenvalue weighted by molar-refractivity contribution is 0.0735. The molecule has 0 fully saturated rings. The zero-order chi connectivity index (χ0) is 23.0. The molecule has 1 heterocycles. The standard InChI is InChI=1S/C23H22ClNO6S/c1-3-25(4-2)32(28,29)15-9-11-20(24)19(13-15)23(27)30-14-8-10-17-16-6-5-7-18(16)22(26)31-21(17)12-14/h8-13H,3-7H2,1-2H3. The SMILES string of the molecule is CCN(CC)S(=O)(=O)c1ccc(Cl)c(C(=O)Oc2ccc3c4c(c(=O)oc3c2)CCC4)c1. The van der Waals surface area contributed by atoms with E-state index in [1.807, 2.05) is 0 Å². The van der Waals surface area contributed by atoms with Crippen LogP contribution in [-0.2, 0) is 22.9 Å². The quantitative estimate of drug-likeness (QED) is 0.301. The fourth-order valence-electron chi connectivity index (χ4n) is 4.02. The number of nitrogens with zero attached hydrogens (tertiary/aromatic N) is 1. The number of rotatable bonds is 6. The van der Waals surface area contributed by atoms with Gasteiger partial charge in [-0.3, -0.25) is 0 Å². The Morgan fingerprint density at radius 2 is 1.81 bits per heavy atom. The largest absolute Gasteiger partial charge is 0.423 e. The Balaban J connectivity index is 1.66. The van der Waals surface area contributed by atoms with E-state index in [1.165, 1.54) is 28.6 Å². The number of ether oxygens (including phenoxy) is 1. The van der Waals surface area contributed by atoms with Crippen molar-refractivity contribution in [2.75, 3.05) is 13.1 Å². The van der Waals surface area contributed by atoms with Gasteiger partial charge in [-0.25, -0.2) is 18.0 Å². The first-order valence-corrected chi connectivity index (χ1v) is 12.2. The van der Waals surface area contributed by atoms with Crippen molar-refractivity contribution in [3.8, 4) is 5.75 Å². The Labute approximate surface area is 190 Å². The number of hydrogen-bond donors (Lipinski definition) is 0. The van der Waals surface area contributed by atoms with Crippen LogP contribution in [0.3, 0.4) is 0 Å². The number of carbonyl (C=O) groups excluding carboxylic acids is 1. The molecule has 0 radical (unpaired) electrons. The van der Waals surface area contributed by atoms with Crippen LogP contribution in [0, 0.1) is 0 Å². The molecule has 0 bridgehead atoms. The van der Waals surface area contributed by atoms with Gasteiger partial charge in [0.1, 0.15) is 11.3 Å². The van der Waals surface area contributed by atoms with Crippen LogP contribution in [-0.4, -0.2) is 31.8 Å². The topological polar surface area (TPSA) is 93.9 Å². The minimum absolute atomic E-state index is 0.0439. The van der Waals surface area contributed by atoms with Crippen molar-refractivity contribution >= 4 is 38.6 Å². The molecule has 0 N–H and O–H groups in total. The van der Waals surface area contributed by atoms with Crippen LogP contribution in [0.25, 0.3) is 11.0 Å². The third-order valence-corrected chi connectivity index (χ3v) is 8.03. The van der Waals surface area contributed by atoms with Crippen LogP contribution in [0.5, 0.6) is 5.75 Å². The highest BCUT2D eigenvalue weighted by Crippen LogP contribution is 2.30. The molecule has 168 valence electrons. The molecule has 0 atom stereocenters. The van der Waals surface area contributed by atoms with Crippen molar-refractivity contribution in [3.63, 3.8) is 0 Å². The van der Waals surface area contributed by atoms with E-state index in [4.69, 9.17) is 20.8 Å². The van der Waals surface area contributed by atoms with Crippen molar-refractivity contribution < 1.29 is 22.4 Å². The van der Waals surface area contributed by atoms with Gasteiger partial charge in [-0.1, -0.05) is 25.4 Å². The maximum Gasteiger partial charge on any atom is 0.345 e. The van der Waals surface area contributed by atoms with Gasteiger partial charge in [0.2, 0.25) is 10.0 Å². The molecule has 3 aromatic rings. The van der Waals surface area contributed by atoms with Crippen LogP contribution in [0.1, 0.15) is 41.8 Å². The van der Waals surface area contributed by atoms with E-state index in [-0.39, 0.29) is 26.9 Å². The molecule has 1 aromatic heterocycles. The molecule has 0 aliphatic heterocycles. The molecule has 32 heavy (non-hydrogen) atoms. The van der Waals surface area contributed by atoms with Crippen molar-refractivity contribution in [1.29, 1.82) is 0 Å². The summed E-state index contributed by atoms with van der Waals surface area (Å²) in [7, 11) is -3.77. The van der Waals surface area contributed by atoms with Gasteiger partial charge in [0.25, 0.3) is 0 Å².